The second-order valence-corrected chi connectivity index (χ2v) is 5.80. The smallest absolute Gasteiger partial charge is 0.407 e. The molecule has 1 aliphatic heterocycles. The molecule has 1 aliphatic rings. The van der Waals surface area contributed by atoms with Gasteiger partial charge in [0, 0.05) is 19.3 Å². The van der Waals surface area contributed by atoms with Gasteiger partial charge in [-0.05, 0) is 39.5 Å². The molecule has 0 aliphatic carbocycles. The predicted molar refractivity (Wildman–Crippen MR) is 69.0 cm³/mol. The molecule has 0 radical (unpaired) electrons. The van der Waals surface area contributed by atoms with E-state index >= 15 is 0 Å². The van der Waals surface area contributed by atoms with Gasteiger partial charge in [0.1, 0.15) is 5.60 Å². The number of aliphatic carboxylic acids is 1. The van der Waals surface area contributed by atoms with Crippen molar-refractivity contribution in [1.29, 1.82) is 0 Å². The van der Waals surface area contributed by atoms with E-state index in [2.05, 4.69) is 5.32 Å². The lowest BCUT2D eigenvalue weighted by molar-refractivity contribution is -0.138. The normalized spacial score (nSPS) is 18.7. The topological polar surface area (TPSA) is 84.9 Å². The van der Waals surface area contributed by atoms with Gasteiger partial charge >= 0.3 is 12.1 Å². The maximum Gasteiger partial charge on any atom is 0.407 e. The van der Waals surface area contributed by atoms with Crippen LogP contribution >= 0.6 is 0 Å². The van der Waals surface area contributed by atoms with Crippen LogP contribution in [-0.4, -0.2) is 42.0 Å². The van der Waals surface area contributed by atoms with Gasteiger partial charge in [0.05, 0.1) is 6.42 Å². The van der Waals surface area contributed by atoms with Crippen LogP contribution in [0, 0.1) is 5.92 Å². The van der Waals surface area contributed by atoms with Crippen LogP contribution in [0.15, 0.2) is 0 Å². The Hall–Kier alpha value is -1.30. The van der Waals surface area contributed by atoms with Crippen molar-refractivity contribution in [2.24, 2.45) is 5.92 Å². The van der Waals surface area contributed by atoms with Crippen molar-refractivity contribution in [3.05, 3.63) is 0 Å². The highest BCUT2D eigenvalue weighted by Gasteiger charge is 2.29. The number of hydrogen-bond donors (Lipinski definition) is 2. The summed E-state index contributed by atoms with van der Waals surface area (Å²) in [4.78, 5) is 22.6. The van der Waals surface area contributed by atoms with Gasteiger partial charge < -0.3 is 19.9 Å². The molecule has 0 bridgehead atoms. The van der Waals surface area contributed by atoms with Crippen molar-refractivity contribution < 1.29 is 24.2 Å². The van der Waals surface area contributed by atoms with Gasteiger partial charge in [0.25, 0.3) is 0 Å². The van der Waals surface area contributed by atoms with E-state index in [4.69, 9.17) is 14.6 Å². The highest BCUT2D eigenvalue weighted by molar-refractivity contribution is 5.71. The number of nitrogens with one attached hydrogen (secondary N) is 1. The number of alkyl carbamates (subject to hydrolysis) is 1. The lowest BCUT2D eigenvalue weighted by Crippen LogP contribution is -2.45. The fourth-order valence-corrected chi connectivity index (χ4v) is 2.10. The van der Waals surface area contributed by atoms with E-state index in [9.17, 15) is 9.59 Å². The zero-order chi connectivity index (χ0) is 14.5. The first-order valence-electron chi connectivity index (χ1n) is 6.57. The van der Waals surface area contributed by atoms with Crippen LogP contribution in [-0.2, 0) is 14.3 Å². The summed E-state index contributed by atoms with van der Waals surface area (Å²) in [6, 6.07) is -0.406. The number of ether oxygens (including phenoxy) is 2. The van der Waals surface area contributed by atoms with Crippen LogP contribution in [0.25, 0.3) is 0 Å². The van der Waals surface area contributed by atoms with Gasteiger partial charge in [-0.2, -0.15) is 0 Å². The molecule has 1 fully saturated rings. The number of rotatable bonds is 4. The largest absolute Gasteiger partial charge is 0.481 e. The minimum absolute atomic E-state index is 0.0933. The van der Waals surface area contributed by atoms with E-state index in [0.29, 0.717) is 13.2 Å². The van der Waals surface area contributed by atoms with E-state index in [-0.39, 0.29) is 12.3 Å². The molecule has 19 heavy (non-hydrogen) atoms. The summed E-state index contributed by atoms with van der Waals surface area (Å²) < 4.78 is 10.4. The minimum atomic E-state index is -0.924. The highest BCUT2D eigenvalue weighted by atomic mass is 16.6. The monoisotopic (exact) mass is 273 g/mol. The third-order valence-electron chi connectivity index (χ3n) is 2.93. The molecule has 1 heterocycles. The number of carboxylic acids is 1. The molecule has 0 unspecified atom stereocenters. The lowest BCUT2D eigenvalue weighted by atomic mass is 9.90. The molecule has 110 valence electrons. The van der Waals surface area contributed by atoms with E-state index in [1.165, 1.54) is 0 Å². The van der Waals surface area contributed by atoms with Gasteiger partial charge in [-0.3, -0.25) is 4.79 Å². The quantitative estimate of drug-likeness (QED) is 0.815. The van der Waals surface area contributed by atoms with Crippen LogP contribution in [0.2, 0.25) is 0 Å². The Labute approximate surface area is 113 Å². The summed E-state index contributed by atoms with van der Waals surface area (Å²) in [5.41, 5.74) is -0.590. The summed E-state index contributed by atoms with van der Waals surface area (Å²) in [6.07, 6.45) is 0.857. The molecule has 2 N–H and O–H groups in total. The first-order chi connectivity index (χ1) is 8.78. The van der Waals surface area contributed by atoms with Gasteiger partial charge in [-0.15, -0.1) is 0 Å². The average molecular weight is 273 g/mol. The van der Waals surface area contributed by atoms with E-state index in [1.807, 2.05) is 0 Å². The Balaban J connectivity index is 2.58. The minimum Gasteiger partial charge on any atom is -0.481 e. The van der Waals surface area contributed by atoms with Gasteiger partial charge in [0.15, 0.2) is 0 Å². The first-order valence-corrected chi connectivity index (χ1v) is 6.57. The summed E-state index contributed by atoms with van der Waals surface area (Å²) in [5.74, 6) is -0.801. The molecular formula is C13H23NO5. The zero-order valence-electron chi connectivity index (χ0n) is 11.8. The summed E-state index contributed by atoms with van der Waals surface area (Å²) in [7, 11) is 0. The third-order valence-corrected chi connectivity index (χ3v) is 2.93. The maximum atomic E-state index is 11.7. The third kappa shape index (κ3) is 6.42. The summed E-state index contributed by atoms with van der Waals surface area (Å²) >= 11 is 0. The van der Waals surface area contributed by atoms with Crippen molar-refractivity contribution in [2.45, 2.75) is 51.7 Å². The average Bonchev–Trinajstić information content (AvgIpc) is 2.26. The van der Waals surface area contributed by atoms with Crippen LogP contribution < -0.4 is 5.32 Å². The number of hydrogen-bond acceptors (Lipinski definition) is 4. The second-order valence-electron chi connectivity index (χ2n) is 5.80. The van der Waals surface area contributed by atoms with Crippen molar-refractivity contribution >= 4 is 12.1 Å². The Morgan fingerprint density at radius 3 is 2.42 bits per heavy atom. The zero-order valence-corrected chi connectivity index (χ0v) is 11.8. The molecule has 1 atom stereocenters. The Bertz CT molecular complexity index is 317. The molecule has 1 amide bonds. The van der Waals surface area contributed by atoms with Crippen molar-refractivity contribution in [1.82, 2.24) is 5.32 Å². The van der Waals surface area contributed by atoms with Crippen LogP contribution in [0.4, 0.5) is 4.79 Å². The number of carboxylic acid groups (broad SMARTS) is 1. The van der Waals surface area contributed by atoms with Gasteiger partial charge in [-0.1, -0.05) is 0 Å². The number of amides is 1. The fraction of sp³-hybridized carbons (Fsp3) is 0.846. The predicted octanol–water partition coefficient (Wildman–Crippen LogP) is 1.78. The lowest BCUT2D eigenvalue weighted by Gasteiger charge is -2.30. The molecule has 0 aromatic heterocycles. The summed E-state index contributed by atoms with van der Waals surface area (Å²) in [6.45, 7) is 6.53. The molecule has 0 saturated carbocycles. The first kappa shape index (κ1) is 15.8. The maximum absolute atomic E-state index is 11.7. The van der Waals surface area contributed by atoms with E-state index in [1.54, 1.807) is 20.8 Å². The highest BCUT2D eigenvalue weighted by Crippen LogP contribution is 2.21. The molecule has 6 heteroatoms. The van der Waals surface area contributed by atoms with E-state index < -0.39 is 23.7 Å². The molecular weight excluding hydrogens is 250 g/mol. The Morgan fingerprint density at radius 1 is 1.37 bits per heavy atom. The molecule has 0 aromatic rings. The SMILES string of the molecule is CC(C)(C)OC(=O)N[C@@H](CC(=O)O)C1CCOCC1. The summed E-state index contributed by atoms with van der Waals surface area (Å²) in [5, 5.41) is 11.6. The standard InChI is InChI=1S/C13H23NO5/c1-13(2,3)19-12(17)14-10(8-11(15)16)9-4-6-18-7-5-9/h9-10H,4-8H2,1-3H3,(H,14,17)(H,15,16)/t10-/m0/s1. The van der Waals surface area contributed by atoms with Crippen molar-refractivity contribution in [3.63, 3.8) is 0 Å². The van der Waals surface area contributed by atoms with Crippen LogP contribution in [0.5, 0.6) is 0 Å². The second kappa shape index (κ2) is 6.75. The van der Waals surface area contributed by atoms with Crippen molar-refractivity contribution in [2.75, 3.05) is 13.2 Å². The van der Waals surface area contributed by atoms with Gasteiger partial charge in [-0.25, -0.2) is 4.79 Å². The van der Waals surface area contributed by atoms with E-state index in [0.717, 1.165) is 12.8 Å². The molecule has 1 saturated heterocycles. The Kier molecular flexibility index (Phi) is 5.60. The Morgan fingerprint density at radius 2 is 1.95 bits per heavy atom. The van der Waals surface area contributed by atoms with Crippen molar-refractivity contribution in [3.8, 4) is 0 Å². The fourth-order valence-electron chi connectivity index (χ4n) is 2.10. The van der Waals surface area contributed by atoms with Gasteiger partial charge in [0.2, 0.25) is 0 Å². The number of carbonyl (C=O) groups is 2. The number of carbonyl (C=O) groups excluding carboxylic acids is 1. The molecule has 0 aromatic carbocycles. The van der Waals surface area contributed by atoms with Crippen LogP contribution in [0.3, 0.4) is 0 Å². The molecule has 0 spiro atoms. The molecule has 6 nitrogen and oxygen atoms in total. The van der Waals surface area contributed by atoms with Crippen LogP contribution in [0.1, 0.15) is 40.0 Å². The molecule has 1 rings (SSSR count).